The van der Waals surface area contributed by atoms with E-state index in [0.29, 0.717) is 17.8 Å². The fraction of sp³-hybridized carbons (Fsp3) is 0.250. The molecule has 0 spiro atoms. The zero-order chi connectivity index (χ0) is 13.7. The summed E-state index contributed by atoms with van der Waals surface area (Å²) >= 11 is 0. The summed E-state index contributed by atoms with van der Waals surface area (Å²) in [6.07, 6.45) is 1.34. The average molecular weight is 250 g/mol. The molecule has 96 valence electrons. The molecule has 1 amide bonds. The quantitative estimate of drug-likeness (QED) is 0.682. The van der Waals surface area contributed by atoms with Gasteiger partial charge in [-0.3, -0.25) is 9.59 Å². The molecule has 0 bridgehead atoms. The summed E-state index contributed by atoms with van der Waals surface area (Å²) in [5, 5.41) is 11.3. The molecule has 1 heterocycles. The van der Waals surface area contributed by atoms with Crippen LogP contribution in [0.15, 0.2) is 23.0 Å². The minimum absolute atomic E-state index is 0.266. The van der Waals surface area contributed by atoms with E-state index >= 15 is 0 Å². The van der Waals surface area contributed by atoms with Gasteiger partial charge < -0.3 is 15.4 Å². The van der Waals surface area contributed by atoms with Gasteiger partial charge in [-0.1, -0.05) is 0 Å². The van der Waals surface area contributed by atoms with Gasteiger partial charge in [0.05, 0.1) is 0 Å². The summed E-state index contributed by atoms with van der Waals surface area (Å²) in [5.41, 5.74) is -0.0561. The molecule has 3 N–H and O–H groups in total. The smallest absolute Gasteiger partial charge is 0.341 e. The predicted octanol–water partition coefficient (Wildman–Crippen LogP) is 0.613. The molecule has 0 aromatic carbocycles. The Balaban J connectivity index is 3.05. The van der Waals surface area contributed by atoms with E-state index in [-0.39, 0.29) is 11.5 Å². The van der Waals surface area contributed by atoms with Gasteiger partial charge in [0.1, 0.15) is 5.56 Å². The number of amides is 1. The second-order valence-electron chi connectivity index (χ2n) is 3.64. The number of nitrogens with one attached hydrogen (secondary N) is 2. The van der Waals surface area contributed by atoms with E-state index in [1.165, 1.54) is 18.2 Å². The molecule has 0 unspecified atom stereocenters. The standard InChI is InChI=1S/C12H14N2O4/c1-3-13-10(15)6-7(2)9-5-4-8(12(17)18)11(16)14-9/h4-6H,3H2,1-2H3,(H,13,15)(H,14,16)(H,17,18)/b7-6+. The Morgan fingerprint density at radius 1 is 1.44 bits per heavy atom. The van der Waals surface area contributed by atoms with Crippen molar-refractivity contribution in [2.24, 2.45) is 0 Å². The number of aromatic carboxylic acids is 1. The van der Waals surface area contributed by atoms with Crippen LogP contribution in [0.1, 0.15) is 29.9 Å². The van der Waals surface area contributed by atoms with Crippen LogP contribution in [0.4, 0.5) is 0 Å². The third-order valence-corrected chi connectivity index (χ3v) is 2.26. The van der Waals surface area contributed by atoms with Gasteiger partial charge in [0.25, 0.3) is 5.56 Å². The molecule has 1 rings (SSSR count). The second kappa shape index (κ2) is 5.81. The largest absolute Gasteiger partial charge is 0.477 e. The number of pyridine rings is 1. The Morgan fingerprint density at radius 2 is 2.11 bits per heavy atom. The van der Waals surface area contributed by atoms with Crippen LogP contribution >= 0.6 is 0 Å². The number of hydrogen-bond donors (Lipinski definition) is 3. The first-order valence-corrected chi connectivity index (χ1v) is 5.38. The molecule has 0 aliphatic carbocycles. The first-order valence-electron chi connectivity index (χ1n) is 5.38. The maximum atomic E-state index is 11.4. The number of rotatable bonds is 4. The van der Waals surface area contributed by atoms with Crippen molar-refractivity contribution in [3.8, 4) is 0 Å². The van der Waals surface area contributed by atoms with Gasteiger partial charge in [0.15, 0.2) is 0 Å². The molecule has 0 aliphatic heterocycles. The monoisotopic (exact) mass is 250 g/mol. The van der Waals surface area contributed by atoms with Gasteiger partial charge in [-0.2, -0.15) is 0 Å². The molecule has 6 nitrogen and oxygen atoms in total. The summed E-state index contributed by atoms with van der Waals surface area (Å²) in [6, 6.07) is 2.67. The zero-order valence-corrected chi connectivity index (χ0v) is 10.1. The van der Waals surface area contributed by atoms with Crippen LogP contribution in [0.2, 0.25) is 0 Å². The number of carboxylic acids is 1. The lowest BCUT2D eigenvalue weighted by Crippen LogP contribution is -2.21. The van der Waals surface area contributed by atoms with Gasteiger partial charge in [-0.25, -0.2) is 4.79 Å². The first kappa shape index (κ1) is 13.7. The normalized spacial score (nSPS) is 11.1. The fourth-order valence-corrected chi connectivity index (χ4v) is 1.37. The number of hydrogen-bond acceptors (Lipinski definition) is 3. The van der Waals surface area contributed by atoms with Crippen molar-refractivity contribution >= 4 is 17.4 Å². The lowest BCUT2D eigenvalue weighted by atomic mass is 10.1. The molecule has 0 saturated heterocycles. The molecule has 0 aliphatic rings. The third kappa shape index (κ3) is 3.31. The molecule has 0 fully saturated rings. The Bertz CT molecular complexity index is 557. The highest BCUT2D eigenvalue weighted by atomic mass is 16.4. The predicted molar refractivity (Wildman–Crippen MR) is 66.4 cm³/mol. The van der Waals surface area contributed by atoms with Crippen molar-refractivity contribution in [2.75, 3.05) is 6.54 Å². The maximum absolute atomic E-state index is 11.4. The van der Waals surface area contributed by atoms with E-state index < -0.39 is 11.5 Å². The summed E-state index contributed by atoms with van der Waals surface area (Å²) in [6.45, 7) is 3.96. The highest BCUT2D eigenvalue weighted by Gasteiger charge is 2.09. The van der Waals surface area contributed by atoms with E-state index in [9.17, 15) is 14.4 Å². The minimum Gasteiger partial charge on any atom is -0.477 e. The lowest BCUT2D eigenvalue weighted by Gasteiger charge is -2.03. The first-order chi connectivity index (χ1) is 8.45. The second-order valence-corrected chi connectivity index (χ2v) is 3.64. The molecule has 1 aromatic rings. The number of aromatic amines is 1. The molecule has 6 heteroatoms. The Labute approximate surface area is 103 Å². The van der Waals surface area contributed by atoms with Crippen molar-refractivity contribution < 1.29 is 14.7 Å². The fourth-order valence-electron chi connectivity index (χ4n) is 1.37. The van der Waals surface area contributed by atoms with Gasteiger partial charge in [0, 0.05) is 18.3 Å². The van der Waals surface area contributed by atoms with E-state index in [4.69, 9.17) is 5.11 Å². The number of carboxylic acid groups (broad SMARTS) is 1. The van der Waals surface area contributed by atoms with Crippen LogP contribution in [0.5, 0.6) is 0 Å². The highest BCUT2D eigenvalue weighted by Crippen LogP contribution is 2.09. The van der Waals surface area contributed by atoms with Crippen molar-refractivity contribution in [1.82, 2.24) is 10.3 Å². The van der Waals surface area contributed by atoms with E-state index in [1.807, 2.05) is 0 Å². The number of aromatic nitrogens is 1. The van der Waals surface area contributed by atoms with E-state index in [2.05, 4.69) is 10.3 Å². The van der Waals surface area contributed by atoms with Crippen LogP contribution in [-0.4, -0.2) is 28.5 Å². The Morgan fingerprint density at radius 3 is 2.61 bits per heavy atom. The molecule has 0 saturated carbocycles. The number of likely N-dealkylation sites (N-methyl/N-ethyl adjacent to an activating group) is 1. The van der Waals surface area contributed by atoms with Crippen LogP contribution in [0.25, 0.3) is 5.57 Å². The Hall–Kier alpha value is -2.37. The minimum atomic E-state index is -1.28. The van der Waals surface area contributed by atoms with Crippen LogP contribution in [0.3, 0.4) is 0 Å². The van der Waals surface area contributed by atoms with Crippen molar-refractivity contribution in [1.29, 1.82) is 0 Å². The van der Waals surface area contributed by atoms with Gasteiger partial charge in [-0.15, -0.1) is 0 Å². The number of H-pyrrole nitrogens is 1. The van der Waals surface area contributed by atoms with Gasteiger partial charge in [0.2, 0.25) is 5.91 Å². The van der Waals surface area contributed by atoms with Crippen LogP contribution in [0, 0.1) is 0 Å². The van der Waals surface area contributed by atoms with Crippen molar-refractivity contribution in [2.45, 2.75) is 13.8 Å². The molecule has 18 heavy (non-hydrogen) atoms. The Kier molecular flexibility index (Phi) is 4.42. The topological polar surface area (TPSA) is 99.3 Å². The van der Waals surface area contributed by atoms with Crippen LogP contribution < -0.4 is 10.9 Å². The van der Waals surface area contributed by atoms with Crippen molar-refractivity contribution in [3.63, 3.8) is 0 Å². The zero-order valence-electron chi connectivity index (χ0n) is 10.1. The molecular formula is C12H14N2O4. The number of allylic oxidation sites excluding steroid dienone is 1. The van der Waals surface area contributed by atoms with Crippen LogP contribution in [-0.2, 0) is 4.79 Å². The van der Waals surface area contributed by atoms with Crippen molar-refractivity contribution in [3.05, 3.63) is 39.8 Å². The average Bonchev–Trinajstić information content (AvgIpc) is 2.28. The summed E-state index contributed by atoms with van der Waals surface area (Å²) in [5.74, 6) is -1.55. The molecule has 0 radical (unpaired) electrons. The summed E-state index contributed by atoms with van der Waals surface area (Å²) < 4.78 is 0. The summed E-state index contributed by atoms with van der Waals surface area (Å²) in [7, 11) is 0. The third-order valence-electron chi connectivity index (χ3n) is 2.26. The van der Waals surface area contributed by atoms with Gasteiger partial charge in [-0.05, 0) is 31.6 Å². The molecular weight excluding hydrogens is 236 g/mol. The van der Waals surface area contributed by atoms with Gasteiger partial charge >= 0.3 is 5.97 Å². The molecule has 0 atom stereocenters. The highest BCUT2D eigenvalue weighted by molar-refractivity contribution is 5.94. The summed E-state index contributed by atoms with van der Waals surface area (Å²) in [4.78, 5) is 35.8. The number of carbonyl (C=O) groups is 2. The molecule has 1 aromatic heterocycles. The number of carbonyl (C=O) groups excluding carboxylic acids is 1. The van der Waals surface area contributed by atoms with E-state index in [0.717, 1.165) is 0 Å². The maximum Gasteiger partial charge on any atom is 0.341 e. The SMILES string of the molecule is CCNC(=O)/C=C(\C)c1ccc(C(=O)O)c(=O)[nH]1. The van der Waals surface area contributed by atoms with E-state index in [1.54, 1.807) is 13.8 Å². The lowest BCUT2D eigenvalue weighted by molar-refractivity contribution is -0.116.